The molecule has 0 aromatic rings. The van der Waals surface area contributed by atoms with Gasteiger partial charge in [-0.05, 0) is 39.0 Å². The standard InChI is InChI=1S/C19H30N4O8/c1-10(24)15(20)16(27)21-11(6-7-14(25)26)17(28)22-8-2-4-12(22)18(29)23-9-3-5-13(23)19(30)31/h10-13,15,24H,2-9,20H2,1H3,(H,21,27)(H,25,26)(H,30,31). The van der Waals surface area contributed by atoms with Crippen LogP contribution in [-0.4, -0.2) is 98.1 Å². The van der Waals surface area contributed by atoms with E-state index in [1.54, 1.807) is 0 Å². The predicted molar refractivity (Wildman–Crippen MR) is 106 cm³/mol. The molecule has 12 nitrogen and oxygen atoms in total. The van der Waals surface area contributed by atoms with Gasteiger partial charge < -0.3 is 36.2 Å². The molecular weight excluding hydrogens is 412 g/mol. The number of rotatable bonds is 9. The number of carboxylic acids is 2. The number of nitrogens with zero attached hydrogens (tertiary/aromatic N) is 2. The van der Waals surface area contributed by atoms with Crippen LogP contribution >= 0.6 is 0 Å². The van der Waals surface area contributed by atoms with Gasteiger partial charge in [-0.15, -0.1) is 0 Å². The smallest absolute Gasteiger partial charge is 0.326 e. The van der Waals surface area contributed by atoms with Crippen LogP contribution in [-0.2, 0) is 24.0 Å². The number of hydrogen-bond donors (Lipinski definition) is 5. The van der Waals surface area contributed by atoms with Gasteiger partial charge in [0.2, 0.25) is 17.7 Å². The Bertz CT molecular complexity index is 728. The monoisotopic (exact) mass is 442 g/mol. The van der Waals surface area contributed by atoms with Crippen molar-refractivity contribution in [3.8, 4) is 0 Å². The van der Waals surface area contributed by atoms with Gasteiger partial charge in [0.25, 0.3) is 0 Å². The number of aliphatic hydroxyl groups excluding tert-OH is 1. The van der Waals surface area contributed by atoms with Gasteiger partial charge in [0.05, 0.1) is 6.10 Å². The summed E-state index contributed by atoms with van der Waals surface area (Å²) in [5.41, 5.74) is 5.60. The Kier molecular flexibility index (Phi) is 8.34. The molecule has 6 N–H and O–H groups in total. The fourth-order valence-electron chi connectivity index (χ4n) is 3.98. The van der Waals surface area contributed by atoms with Crippen LogP contribution in [0.15, 0.2) is 0 Å². The summed E-state index contributed by atoms with van der Waals surface area (Å²) in [5, 5.41) is 30.2. The maximum Gasteiger partial charge on any atom is 0.326 e. The molecule has 2 fully saturated rings. The first-order valence-corrected chi connectivity index (χ1v) is 10.3. The van der Waals surface area contributed by atoms with E-state index in [2.05, 4.69) is 5.32 Å². The summed E-state index contributed by atoms with van der Waals surface area (Å²) < 4.78 is 0. The lowest BCUT2D eigenvalue weighted by Gasteiger charge is -2.32. The molecule has 0 spiro atoms. The molecule has 31 heavy (non-hydrogen) atoms. The summed E-state index contributed by atoms with van der Waals surface area (Å²) in [6, 6.07) is -4.36. The zero-order valence-electron chi connectivity index (χ0n) is 17.4. The second kappa shape index (κ2) is 10.5. The lowest BCUT2D eigenvalue weighted by Crippen LogP contribution is -2.58. The van der Waals surface area contributed by atoms with Crippen LogP contribution in [0.2, 0.25) is 0 Å². The fourth-order valence-corrected chi connectivity index (χ4v) is 3.98. The number of carbonyl (C=O) groups is 5. The molecule has 0 aliphatic carbocycles. The molecule has 5 atom stereocenters. The molecule has 0 bridgehead atoms. The number of nitrogens with one attached hydrogen (secondary N) is 1. The number of nitrogens with two attached hydrogens (primary N) is 1. The Morgan fingerprint density at radius 2 is 1.61 bits per heavy atom. The quantitative estimate of drug-likeness (QED) is 0.272. The number of amides is 3. The molecule has 0 radical (unpaired) electrons. The molecule has 0 aromatic carbocycles. The van der Waals surface area contributed by atoms with E-state index in [9.17, 15) is 34.2 Å². The summed E-state index contributed by atoms with van der Waals surface area (Å²) in [6.07, 6.45) is -0.0417. The Hall–Kier alpha value is -2.73. The highest BCUT2D eigenvalue weighted by Crippen LogP contribution is 2.26. The van der Waals surface area contributed by atoms with E-state index in [1.807, 2.05) is 0 Å². The van der Waals surface area contributed by atoms with Crippen LogP contribution in [0.1, 0.15) is 45.4 Å². The third-order valence-electron chi connectivity index (χ3n) is 5.73. The molecule has 2 heterocycles. The van der Waals surface area contributed by atoms with E-state index in [4.69, 9.17) is 10.8 Å². The number of likely N-dealkylation sites (tertiary alicyclic amines) is 2. The van der Waals surface area contributed by atoms with Crippen LogP contribution < -0.4 is 11.1 Å². The second-order valence-electron chi connectivity index (χ2n) is 7.98. The van der Waals surface area contributed by atoms with Crippen molar-refractivity contribution in [2.24, 2.45) is 5.73 Å². The fraction of sp³-hybridized carbons (Fsp3) is 0.737. The van der Waals surface area contributed by atoms with Crippen molar-refractivity contribution in [2.45, 2.75) is 75.7 Å². The van der Waals surface area contributed by atoms with E-state index >= 15 is 0 Å². The predicted octanol–water partition coefficient (Wildman–Crippen LogP) is -1.89. The molecule has 3 amide bonds. The summed E-state index contributed by atoms with van der Waals surface area (Å²) in [5.74, 6) is -4.16. The van der Waals surface area contributed by atoms with Crippen molar-refractivity contribution in [1.82, 2.24) is 15.1 Å². The minimum Gasteiger partial charge on any atom is -0.481 e. The normalized spacial score (nSPS) is 23.8. The first kappa shape index (κ1) is 24.5. The average Bonchev–Trinajstić information content (AvgIpc) is 3.38. The van der Waals surface area contributed by atoms with Crippen molar-refractivity contribution < 1.29 is 39.3 Å². The molecule has 2 rings (SSSR count). The SMILES string of the molecule is CC(O)C(N)C(=O)NC(CCC(=O)O)C(=O)N1CCCC1C(=O)N1CCCC1C(=O)O. The number of carbonyl (C=O) groups excluding carboxylic acids is 3. The lowest BCUT2D eigenvalue weighted by atomic mass is 10.1. The molecule has 0 aromatic heterocycles. The third kappa shape index (κ3) is 5.91. The second-order valence-corrected chi connectivity index (χ2v) is 7.98. The summed E-state index contributed by atoms with van der Waals surface area (Å²) >= 11 is 0. The minimum atomic E-state index is -1.31. The van der Waals surface area contributed by atoms with Crippen LogP contribution in [0.25, 0.3) is 0 Å². The van der Waals surface area contributed by atoms with Gasteiger partial charge in [-0.3, -0.25) is 19.2 Å². The van der Waals surface area contributed by atoms with Crippen LogP contribution in [0.4, 0.5) is 0 Å². The zero-order valence-corrected chi connectivity index (χ0v) is 17.4. The molecular formula is C19H30N4O8. The van der Waals surface area contributed by atoms with Gasteiger partial charge in [-0.1, -0.05) is 0 Å². The average molecular weight is 442 g/mol. The number of carboxylic acid groups (broad SMARTS) is 2. The van der Waals surface area contributed by atoms with Crippen LogP contribution in [0, 0.1) is 0 Å². The van der Waals surface area contributed by atoms with Crippen molar-refractivity contribution in [1.29, 1.82) is 0 Å². The number of aliphatic hydroxyl groups is 1. The van der Waals surface area contributed by atoms with Crippen LogP contribution in [0.3, 0.4) is 0 Å². The molecule has 0 saturated carbocycles. The Morgan fingerprint density at radius 1 is 1.03 bits per heavy atom. The van der Waals surface area contributed by atoms with Gasteiger partial charge in [0, 0.05) is 19.5 Å². The van der Waals surface area contributed by atoms with Crippen molar-refractivity contribution >= 4 is 29.7 Å². The largest absolute Gasteiger partial charge is 0.481 e. The maximum absolute atomic E-state index is 13.2. The van der Waals surface area contributed by atoms with Gasteiger partial charge in [0.15, 0.2) is 0 Å². The third-order valence-corrected chi connectivity index (χ3v) is 5.73. The Balaban J connectivity index is 2.17. The van der Waals surface area contributed by atoms with Gasteiger partial charge in [-0.2, -0.15) is 0 Å². The van der Waals surface area contributed by atoms with E-state index in [-0.39, 0.29) is 19.5 Å². The van der Waals surface area contributed by atoms with Crippen molar-refractivity contribution in [2.75, 3.05) is 13.1 Å². The van der Waals surface area contributed by atoms with Gasteiger partial charge >= 0.3 is 11.9 Å². The van der Waals surface area contributed by atoms with E-state index < -0.39 is 66.4 Å². The first-order valence-electron chi connectivity index (χ1n) is 10.3. The summed E-state index contributed by atoms with van der Waals surface area (Å²) in [4.78, 5) is 63.4. The van der Waals surface area contributed by atoms with Gasteiger partial charge in [-0.25, -0.2) is 4.79 Å². The van der Waals surface area contributed by atoms with E-state index in [1.165, 1.54) is 16.7 Å². The topological polar surface area (TPSA) is 191 Å². The summed E-state index contributed by atoms with van der Waals surface area (Å²) in [7, 11) is 0. The van der Waals surface area contributed by atoms with E-state index in [0.29, 0.717) is 25.7 Å². The highest BCUT2D eigenvalue weighted by Gasteiger charge is 2.43. The van der Waals surface area contributed by atoms with E-state index in [0.717, 1.165) is 0 Å². The maximum atomic E-state index is 13.2. The Labute approximate surface area is 179 Å². The Morgan fingerprint density at radius 3 is 2.16 bits per heavy atom. The number of hydrogen-bond acceptors (Lipinski definition) is 7. The van der Waals surface area contributed by atoms with Gasteiger partial charge in [0.1, 0.15) is 24.2 Å². The van der Waals surface area contributed by atoms with Crippen molar-refractivity contribution in [3.63, 3.8) is 0 Å². The van der Waals surface area contributed by atoms with Crippen LogP contribution in [0.5, 0.6) is 0 Å². The molecule has 174 valence electrons. The molecule has 2 aliphatic rings. The molecule has 12 heteroatoms. The lowest BCUT2D eigenvalue weighted by molar-refractivity contribution is -0.152. The highest BCUT2D eigenvalue weighted by atomic mass is 16.4. The van der Waals surface area contributed by atoms with Crippen molar-refractivity contribution in [3.05, 3.63) is 0 Å². The first-order chi connectivity index (χ1) is 14.5. The summed E-state index contributed by atoms with van der Waals surface area (Å²) in [6.45, 7) is 1.82. The molecule has 2 aliphatic heterocycles. The molecule has 5 unspecified atom stereocenters. The minimum absolute atomic E-state index is 0.217. The molecule has 2 saturated heterocycles. The number of aliphatic carboxylic acids is 2. The highest BCUT2D eigenvalue weighted by molar-refractivity contribution is 5.95. The zero-order chi connectivity index (χ0) is 23.3.